The number of amides is 1. The quantitative estimate of drug-likeness (QED) is 0.354. The van der Waals surface area contributed by atoms with Crippen molar-refractivity contribution in [3.8, 4) is 11.3 Å². The Kier molecular flexibility index (Phi) is 6.38. The number of benzene rings is 2. The Labute approximate surface area is 168 Å². The van der Waals surface area contributed by atoms with E-state index in [0.717, 1.165) is 29.5 Å². The first-order valence-electron chi connectivity index (χ1n) is 8.66. The van der Waals surface area contributed by atoms with Gasteiger partial charge in [0.15, 0.2) is 22.6 Å². The van der Waals surface area contributed by atoms with Gasteiger partial charge in [0, 0.05) is 11.6 Å². The molecule has 0 aliphatic rings. The second kappa shape index (κ2) is 8.95. The van der Waals surface area contributed by atoms with Crippen LogP contribution in [-0.2, 0) is 4.79 Å². The van der Waals surface area contributed by atoms with Crippen LogP contribution in [-0.4, -0.2) is 21.1 Å². The van der Waals surface area contributed by atoms with E-state index in [4.69, 9.17) is 0 Å². The van der Waals surface area contributed by atoms with E-state index in [0.29, 0.717) is 12.1 Å². The highest BCUT2D eigenvalue weighted by Crippen LogP contribution is 2.26. The summed E-state index contributed by atoms with van der Waals surface area (Å²) in [4.78, 5) is 31.4. The number of aromatic nitrogens is 2. The number of anilines is 1. The van der Waals surface area contributed by atoms with Crippen LogP contribution in [0, 0.1) is 17.5 Å². The molecule has 1 atom stereocenters. The molecule has 2 aromatic carbocycles. The molecule has 29 heavy (non-hydrogen) atoms. The van der Waals surface area contributed by atoms with Crippen LogP contribution in [0.4, 0.5) is 18.9 Å². The number of hydrogen-bond acceptors (Lipinski definition) is 4. The van der Waals surface area contributed by atoms with Gasteiger partial charge in [-0.2, -0.15) is 0 Å². The van der Waals surface area contributed by atoms with E-state index in [1.165, 1.54) is 6.07 Å². The predicted molar refractivity (Wildman–Crippen MR) is 105 cm³/mol. The molecule has 0 fully saturated rings. The lowest BCUT2D eigenvalue weighted by Gasteiger charge is -2.15. The number of aromatic amines is 1. The summed E-state index contributed by atoms with van der Waals surface area (Å²) in [5.74, 6) is -5.11. The molecule has 9 heteroatoms. The Morgan fingerprint density at radius 2 is 1.86 bits per heavy atom. The average Bonchev–Trinajstić information content (AvgIpc) is 2.72. The molecule has 1 heterocycles. The standard InChI is InChI=1S/C20H16F3N3O2S/c1-2-15(19(28)24-13-9-8-12(21)17(22)18(13)23)29-20-25-14(10-16(27)26-20)11-6-4-3-5-7-11/h3-10,15H,2H2,1H3,(H,24,28)(H,25,26,27). The largest absolute Gasteiger partial charge is 0.323 e. The van der Waals surface area contributed by atoms with E-state index < -0.39 is 34.3 Å². The first-order valence-corrected chi connectivity index (χ1v) is 9.54. The molecule has 0 bridgehead atoms. The van der Waals surface area contributed by atoms with E-state index in [1.807, 2.05) is 18.2 Å². The first-order chi connectivity index (χ1) is 13.9. The average molecular weight is 419 g/mol. The van der Waals surface area contributed by atoms with Crippen molar-refractivity contribution >= 4 is 23.4 Å². The highest BCUT2D eigenvalue weighted by atomic mass is 32.2. The lowest BCUT2D eigenvalue weighted by atomic mass is 10.1. The summed E-state index contributed by atoms with van der Waals surface area (Å²) in [6, 6.07) is 12.1. The van der Waals surface area contributed by atoms with Gasteiger partial charge in [0.1, 0.15) is 0 Å². The summed E-state index contributed by atoms with van der Waals surface area (Å²) >= 11 is 0.983. The van der Waals surface area contributed by atoms with Gasteiger partial charge in [-0.3, -0.25) is 9.59 Å². The lowest BCUT2D eigenvalue weighted by molar-refractivity contribution is -0.115. The van der Waals surface area contributed by atoms with Crippen molar-refractivity contribution in [3.05, 3.63) is 76.3 Å². The SMILES string of the molecule is CCC(Sc1nc(-c2ccccc2)cc(=O)[nH]1)C(=O)Nc1ccc(F)c(F)c1F. The fraction of sp³-hybridized carbons (Fsp3) is 0.150. The predicted octanol–water partition coefficient (Wildman–Crippen LogP) is 4.36. The summed E-state index contributed by atoms with van der Waals surface area (Å²) < 4.78 is 40.2. The van der Waals surface area contributed by atoms with Gasteiger partial charge < -0.3 is 10.3 Å². The van der Waals surface area contributed by atoms with Gasteiger partial charge in [-0.05, 0) is 18.6 Å². The topological polar surface area (TPSA) is 74.8 Å². The third-order valence-electron chi connectivity index (χ3n) is 4.00. The Hall–Kier alpha value is -3.07. The summed E-state index contributed by atoms with van der Waals surface area (Å²) in [6.45, 7) is 1.72. The van der Waals surface area contributed by atoms with Crippen LogP contribution in [0.3, 0.4) is 0 Å². The highest BCUT2D eigenvalue weighted by molar-refractivity contribution is 8.00. The third-order valence-corrected chi connectivity index (χ3v) is 5.25. The zero-order valence-electron chi connectivity index (χ0n) is 15.2. The van der Waals surface area contributed by atoms with Gasteiger partial charge in [0.2, 0.25) is 5.91 Å². The summed E-state index contributed by atoms with van der Waals surface area (Å²) in [7, 11) is 0. The minimum Gasteiger partial charge on any atom is -0.323 e. The van der Waals surface area contributed by atoms with Gasteiger partial charge in [0.25, 0.3) is 5.56 Å². The summed E-state index contributed by atoms with van der Waals surface area (Å²) in [5, 5.41) is 1.71. The van der Waals surface area contributed by atoms with Crippen molar-refractivity contribution in [1.29, 1.82) is 0 Å². The Bertz CT molecular complexity index is 1090. The maximum absolute atomic E-state index is 13.8. The van der Waals surface area contributed by atoms with Gasteiger partial charge in [0.05, 0.1) is 16.6 Å². The molecule has 5 nitrogen and oxygen atoms in total. The Morgan fingerprint density at radius 3 is 2.55 bits per heavy atom. The normalized spacial score (nSPS) is 11.9. The van der Waals surface area contributed by atoms with Crippen molar-refractivity contribution in [2.45, 2.75) is 23.8 Å². The number of thioether (sulfide) groups is 1. The second-order valence-electron chi connectivity index (χ2n) is 6.03. The molecule has 0 radical (unpaired) electrons. The van der Waals surface area contributed by atoms with Gasteiger partial charge in [-0.15, -0.1) is 0 Å². The summed E-state index contributed by atoms with van der Waals surface area (Å²) in [6.07, 6.45) is 0.321. The summed E-state index contributed by atoms with van der Waals surface area (Å²) in [5.41, 5.74) is 0.330. The minimum absolute atomic E-state index is 0.212. The Morgan fingerprint density at radius 1 is 1.14 bits per heavy atom. The zero-order valence-corrected chi connectivity index (χ0v) is 16.0. The van der Waals surface area contributed by atoms with Crippen LogP contribution in [0.1, 0.15) is 13.3 Å². The fourth-order valence-corrected chi connectivity index (χ4v) is 3.45. The number of halogens is 3. The number of rotatable bonds is 6. The number of H-pyrrole nitrogens is 1. The van der Waals surface area contributed by atoms with Crippen LogP contribution < -0.4 is 10.9 Å². The maximum atomic E-state index is 13.8. The molecule has 150 valence electrons. The molecular weight excluding hydrogens is 403 g/mol. The smallest absolute Gasteiger partial charge is 0.252 e. The number of carbonyl (C=O) groups is 1. The third kappa shape index (κ3) is 4.86. The molecule has 1 unspecified atom stereocenters. The molecule has 0 aliphatic heterocycles. The Balaban J connectivity index is 1.81. The van der Waals surface area contributed by atoms with E-state index >= 15 is 0 Å². The number of carbonyl (C=O) groups excluding carboxylic acids is 1. The van der Waals surface area contributed by atoms with Crippen LogP contribution in [0.5, 0.6) is 0 Å². The van der Waals surface area contributed by atoms with Gasteiger partial charge in [-0.1, -0.05) is 49.0 Å². The molecule has 1 amide bonds. The lowest BCUT2D eigenvalue weighted by Crippen LogP contribution is -2.26. The minimum atomic E-state index is -1.66. The van der Waals surface area contributed by atoms with Crippen molar-refractivity contribution in [2.24, 2.45) is 0 Å². The number of hydrogen-bond donors (Lipinski definition) is 2. The van der Waals surface area contributed by atoms with E-state index in [2.05, 4.69) is 15.3 Å². The molecule has 2 N–H and O–H groups in total. The molecule has 0 spiro atoms. The maximum Gasteiger partial charge on any atom is 0.252 e. The van der Waals surface area contributed by atoms with Crippen molar-refractivity contribution in [1.82, 2.24) is 9.97 Å². The van der Waals surface area contributed by atoms with E-state index in [-0.39, 0.29) is 10.7 Å². The molecule has 3 rings (SSSR count). The highest BCUT2D eigenvalue weighted by Gasteiger charge is 2.22. The molecule has 0 aliphatic carbocycles. The van der Waals surface area contributed by atoms with Crippen molar-refractivity contribution in [3.63, 3.8) is 0 Å². The molecular formula is C20H16F3N3O2S. The number of nitrogens with one attached hydrogen (secondary N) is 2. The van der Waals surface area contributed by atoms with Crippen molar-refractivity contribution < 1.29 is 18.0 Å². The molecule has 0 saturated heterocycles. The zero-order chi connectivity index (χ0) is 21.0. The van der Waals surface area contributed by atoms with Gasteiger partial charge in [-0.25, -0.2) is 18.2 Å². The van der Waals surface area contributed by atoms with Crippen LogP contribution in [0.25, 0.3) is 11.3 Å². The van der Waals surface area contributed by atoms with Crippen molar-refractivity contribution in [2.75, 3.05) is 5.32 Å². The van der Waals surface area contributed by atoms with Crippen LogP contribution in [0.15, 0.2) is 58.5 Å². The van der Waals surface area contributed by atoms with Crippen LogP contribution >= 0.6 is 11.8 Å². The van der Waals surface area contributed by atoms with Crippen LogP contribution in [0.2, 0.25) is 0 Å². The monoisotopic (exact) mass is 419 g/mol. The fourth-order valence-electron chi connectivity index (χ4n) is 2.54. The first kappa shape index (κ1) is 20.7. The van der Waals surface area contributed by atoms with Gasteiger partial charge >= 0.3 is 0 Å². The molecule has 0 saturated carbocycles. The van der Waals surface area contributed by atoms with E-state index in [1.54, 1.807) is 19.1 Å². The van der Waals surface area contributed by atoms with E-state index in [9.17, 15) is 22.8 Å². The number of nitrogens with zero attached hydrogens (tertiary/aromatic N) is 1. The molecule has 3 aromatic rings. The second-order valence-corrected chi connectivity index (χ2v) is 7.22. The molecule has 1 aromatic heterocycles.